The van der Waals surface area contributed by atoms with Gasteiger partial charge >= 0.3 is 0 Å². The van der Waals surface area contributed by atoms with Crippen molar-refractivity contribution in [2.45, 2.75) is 0 Å². The van der Waals surface area contributed by atoms with E-state index in [-0.39, 0.29) is 23.0 Å². The minimum atomic E-state index is -0.857. The highest BCUT2D eigenvalue weighted by molar-refractivity contribution is 5.73. The molecule has 0 unspecified atom stereocenters. The summed E-state index contributed by atoms with van der Waals surface area (Å²) in [6, 6.07) is 5.01. The lowest BCUT2D eigenvalue weighted by Crippen LogP contribution is -2.06. The van der Waals surface area contributed by atoms with E-state index in [1.807, 2.05) is 0 Å². The van der Waals surface area contributed by atoms with Crippen molar-refractivity contribution in [3.8, 4) is 17.3 Å². The van der Waals surface area contributed by atoms with Crippen molar-refractivity contribution < 1.29 is 8.78 Å². The molecule has 0 bridgehead atoms. The average Bonchev–Trinajstić information content (AvgIpc) is 2.28. The first kappa shape index (κ1) is 11.7. The molecule has 1 heterocycles. The average molecular weight is 247 g/mol. The maximum absolute atomic E-state index is 13.6. The topological polar surface area (TPSA) is 102 Å². The first-order valence-electron chi connectivity index (χ1n) is 4.82. The molecule has 5 nitrogen and oxygen atoms in total. The summed E-state index contributed by atoms with van der Waals surface area (Å²) in [5.74, 6) is -2.19. The number of hydrogen-bond donors (Lipinski definition) is 2. The summed E-state index contributed by atoms with van der Waals surface area (Å²) in [5, 5.41) is 8.94. The highest BCUT2D eigenvalue weighted by Crippen LogP contribution is 2.29. The third kappa shape index (κ3) is 1.80. The molecule has 0 radical (unpaired) electrons. The highest BCUT2D eigenvalue weighted by Gasteiger charge is 2.19. The van der Waals surface area contributed by atoms with E-state index in [2.05, 4.69) is 9.97 Å². The Morgan fingerprint density at radius 3 is 2.28 bits per heavy atom. The second kappa shape index (κ2) is 4.25. The molecular formula is C11H7F2N5. The summed E-state index contributed by atoms with van der Waals surface area (Å²) in [4.78, 5) is 7.25. The molecule has 18 heavy (non-hydrogen) atoms. The molecule has 0 saturated carbocycles. The number of anilines is 2. The van der Waals surface area contributed by atoms with Crippen molar-refractivity contribution in [3.63, 3.8) is 0 Å². The van der Waals surface area contributed by atoms with Crippen LogP contribution in [0.1, 0.15) is 5.56 Å². The molecule has 0 aliphatic heterocycles. The van der Waals surface area contributed by atoms with E-state index in [1.54, 1.807) is 6.07 Å². The summed E-state index contributed by atoms with van der Waals surface area (Å²) >= 11 is 0. The van der Waals surface area contributed by atoms with Gasteiger partial charge in [-0.15, -0.1) is 0 Å². The van der Waals surface area contributed by atoms with E-state index < -0.39 is 17.2 Å². The molecule has 0 saturated heterocycles. The highest BCUT2D eigenvalue weighted by atomic mass is 19.1. The van der Waals surface area contributed by atoms with Crippen LogP contribution < -0.4 is 11.5 Å². The number of nitrogen functional groups attached to an aromatic ring is 2. The van der Waals surface area contributed by atoms with Gasteiger partial charge in [0.05, 0.1) is 5.56 Å². The second-order valence-electron chi connectivity index (χ2n) is 3.40. The molecule has 0 amide bonds. The van der Waals surface area contributed by atoms with Gasteiger partial charge in [-0.2, -0.15) is 10.2 Å². The third-order valence-electron chi connectivity index (χ3n) is 2.27. The number of halogens is 2. The van der Waals surface area contributed by atoms with Crippen LogP contribution in [0.15, 0.2) is 18.2 Å². The van der Waals surface area contributed by atoms with Crippen molar-refractivity contribution in [2.75, 3.05) is 11.5 Å². The fourth-order valence-corrected chi connectivity index (χ4v) is 1.51. The minimum absolute atomic E-state index is 0.215. The standard InChI is InChI=1S/C11H7F2N5/c12-6-2-1-3-7(13)8(6)9-5(4-14)10(15)18-11(16)17-9/h1-3H,(H4,15,16,17,18). The predicted octanol–water partition coefficient (Wildman–Crippen LogP) is 1.46. The lowest BCUT2D eigenvalue weighted by Gasteiger charge is -2.08. The Morgan fingerprint density at radius 2 is 1.72 bits per heavy atom. The van der Waals surface area contributed by atoms with Gasteiger partial charge in [-0.25, -0.2) is 13.8 Å². The molecule has 0 spiro atoms. The number of rotatable bonds is 1. The summed E-state index contributed by atoms with van der Waals surface area (Å²) in [5.41, 5.74) is 9.92. The summed E-state index contributed by atoms with van der Waals surface area (Å²) in [6.07, 6.45) is 0. The van der Waals surface area contributed by atoms with E-state index in [1.165, 1.54) is 6.07 Å². The van der Waals surface area contributed by atoms with Gasteiger partial charge in [0.15, 0.2) is 0 Å². The van der Waals surface area contributed by atoms with Crippen molar-refractivity contribution in [1.29, 1.82) is 5.26 Å². The Kier molecular flexibility index (Phi) is 2.77. The number of nitrogens with zero attached hydrogens (tertiary/aromatic N) is 3. The van der Waals surface area contributed by atoms with Gasteiger partial charge in [-0.3, -0.25) is 0 Å². The normalized spacial score (nSPS) is 10.1. The monoisotopic (exact) mass is 247 g/mol. The second-order valence-corrected chi connectivity index (χ2v) is 3.40. The van der Waals surface area contributed by atoms with Crippen LogP contribution in [0.5, 0.6) is 0 Å². The first-order chi connectivity index (χ1) is 8.54. The molecule has 2 aromatic rings. The van der Waals surface area contributed by atoms with E-state index in [9.17, 15) is 8.78 Å². The van der Waals surface area contributed by atoms with Crippen LogP contribution in [0.25, 0.3) is 11.3 Å². The smallest absolute Gasteiger partial charge is 0.222 e. The Labute approximate surface area is 101 Å². The van der Waals surface area contributed by atoms with Gasteiger partial charge in [0.1, 0.15) is 34.8 Å². The maximum atomic E-state index is 13.6. The van der Waals surface area contributed by atoms with E-state index in [0.29, 0.717) is 0 Å². The molecular weight excluding hydrogens is 240 g/mol. The molecule has 7 heteroatoms. The summed E-state index contributed by atoms with van der Waals surface area (Å²) in [7, 11) is 0. The van der Waals surface area contributed by atoms with Crippen LogP contribution in [0.3, 0.4) is 0 Å². The molecule has 0 fully saturated rings. The Hall–Kier alpha value is -2.75. The van der Waals surface area contributed by atoms with Gasteiger partial charge in [-0.1, -0.05) is 6.07 Å². The molecule has 1 aromatic heterocycles. The van der Waals surface area contributed by atoms with Gasteiger partial charge in [0.2, 0.25) is 5.95 Å². The van der Waals surface area contributed by atoms with Crippen molar-refractivity contribution in [3.05, 3.63) is 35.4 Å². The SMILES string of the molecule is N#Cc1c(N)nc(N)nc1-c1c(F)cccc1F. The molecule has 4 N–H and O–H groups in total. The first-order valence-corrected chi connectivity index (χ1v) is 4.82. The fraction of sp³-hybridized carbons (Fsp3) is 0. The zero-order chi connectivity index (χ0) is 13.3. The number of nitriles is 1. The van der Waals surface area contributed by atoms with Crippen LogP contribution in [0, 0.1) is 23.0 Å². The van der Waals surface area contributed by atoms with Crippen molar-refractivity contribution in [1.82, 2.24) is 9.97 Å². The van der Waals surface area contributed by atoms with Crippen molar-refractivity contribution in [2.24, 2.45) is 0 Å². The van der Waals surface area contributed by atoms with Gasteiger partial charge in [0.25, 0.3) is 0 Å². The van der Waals surface area contributed by atoms with Crippen molar-refractivity contribution >= 4 is 11.8 Å². The zero-order valence-corrected chi connectivity index (χ0v) is 8.98. The van der Waals surface area contributed by atoms with E-state index in [0.717, 1.165) is 12.1 Å². The van der Waals surface area contributed by atoms with Crippen LogP contribution in [0.4, 0.5) is 20.5 Å². The van der Waals surface area contributed by atoms with E-state index in [4.69, 9.17) is 16.7 Å². The van der Waals surface area contributed by atoms with Gasteiger partial charge in [0, 0.05) is 0 Å². The van der Waals surface area contributed by atoms with Gasteiger partial charge < -0.3 is 11.5 Å². The Morgan fingerprint density at radius 1 is 1.11 bits per heavy atom. The van der Waals surface area contributed by atoms with Crippen LogP contribution in [-0.2, 0) is 0 Å². The Bertz CT molecular complexity index is 643. The molecule has 0 aliphatic carbocycles. The van der Waals surface area contributed by atoms with Crippen LogP contribution in [-0.4, -0.2) is 9.97 Å². The zero-order valence-electron chi connectivity index (χ0n) is 8.98. The number of nitrogens with two attached hydrogens (primary N) is 2. The minimum Gasteiger partial charge on any atom is -0.382 e. The molecule has 0 atom stereocenters. The number of benzene rings is 1. The predicted molar refractivity (Wildman–Crippen MR) is 60.9 cm³/mol. The third-order valence-corrected chi connectivity index (χ3v) is 2.27. The summed E-state index contributed by atoms with van der Waals surface area (Å²) < 4.78 is 27.2. The largest absolute Gasteiger partial charge is 0.382 e. The van der Waals surface area contributed by atoms with E-state index >= 15 is 0 Å². The number of hydrogen-bond acceptors (Lipinski definition) is 5. The maximum Gasteiger partial charge on any atom is 0.222 e. The molecule has 1 aromatic carbocycles. The molecule has 0 aliphatic rings. The lowest BCUT2D eigenvalue weighted by molar-refractivity contribution is 0.588. The molecule has 2 rings (SSSR count). The Balaban J connectivity index is 2.84. The summed E-state index contributed by atoms with van der Waals surface area (Å²) in [6.45, 7) is 0. The van der Waals surface area contributed by atoms with Crippen LogP contribution in [0.2, 0.25) is 0 Å². The quantitative estimate of drug-likeness (QED) is 0.794. The number of aromatic nitrogens is 2. The molecule has 90 valence electrons. The van der Waals surface area contributed by atoms with Crippen LogP contribution >= 0.6 is 0 Å². The fourth-order valence-electron chi connectivity index (χ4n) is 1.51. The lowest BCUT2D eigenvalue weighted by atomic mass is 10.1. The van der Waals surface area contributed by atoms with Gasteiger partial charge in [-0.05, 0) is 12.1 Å².